The monoisotopic (exact) mass is 621 g/mol. The Labute approximate surface area is 237 Å². The summed E-state index contributed by atoms with van der Waals surface area (Å²) in [4.78, 5) is 17.1. The lowest BCUT2D eigenvalue weighted by Crippen LogP contribution is -2.49. The first-order chi connectivity index (χ1) is 18.0. The number of amides is 1. The van der Waals surface area contributed by atoms with E-state index in [0.29, 0.717) is 49.0 Å². The Balaban J connectivity index is 1.45. The second-order valence-corrected chi connectivity index (χ2v) is 12.7. The zero-order valence-electron chi connectivity index (χ0n) is 21.3. The van der Waals surface area contributed by atoms with Gasteiger partial charge in [-0.1, -0.05) is 39.7 Å². The van der Waals surface area contributed by atoms with Crippen LogP contribution in [0.15, 0.2) is 70.0 Å². The molecule has 202 valence electrons. The molecule has 0 aliphatic carbocycles. The van der Waals surface area contributed by atoms with Gasteiger partial charge in [0.25, 0.3) is 10.0 Å². The molecule has 4 rings (SSSR count). The van der Waals surface area contributed by atoms with Crippen molar-refractivity contribution in [2.45, 2.75) is 31.7 Å². The number of benzene rings is 3. The van der Waals surface area contributed by atoms with E-state index in [0.717, 1.165) is 15.6 Å². The van der Waals surface area contributed by atoms with Gasteiger partial charge in [-0.05, 0) is 73.5 Å². The SMILES string of the molecule is Cc1cc(C)cc(N(CCC(=O)N2CCN(Cc3c(F)cccc3Cl)CC2)S(=O)(=O)c2ccc(Br)cc2)c1. The molecular formula is C28H30BrClFN3O3S. The topological polar surface area (TPSA) is 60.9 Å². The van der Waals surface area contributed by atoms with Crippen LogP contribution in [-0.4, -0.2) is 56.8 Å². The minimum absolute atomic E-state index is 0.0190. The van der Waals surface area contributed by atoms with E-state index in [1.54, 1.807) is 41.3 Å². The third kappa shape index (κ3) is 6.75. The molecule has 3 aromatic carbocycles. The number of anilines is 1. The molecule has 1 heterocycles. The van der Waals surface area contributed by atoms with Crippen molar-refractivity contribution >= 4 is 49.1 Å². The number of sulfonamides is 1. The second kappa shape index (κ2) is 12.2. The van der Waals surface area contributed by atoms with Gasteiger partial charge in [-0.15, -0.1) is 0 Å². The molecule has 1 aliphatic rings. The molecule has 10 heteroatoms. The Morgan fingerprint density at radius 3 is 2.24 bits per heavy atom. The number of piperazine rings is 1. The Bertz CT molecular complexity index is 1370. The summed E-state index contributed by atoms with van der Waals surface area (Å²) in [5.41, 5.74) is 2.86. The average molecular weight is 623 g/mol. The van der Waals surface area contributed by atoms with Gasteiger partial charge >= 0.3 is 0 Å². The van der Waals surface area contributed by atoms with Crippen molar-refractivity contribution in [1.29, 1.82) is 0 Å². The first kappa shape index (κ1) is 28.5. The number of nitrogens with zero attached hydrogens (tertiary/aromatic N) is 3. The molecule has 0 N–H and O–H groups in total. The maximum atomic E-state index is 14.2. The molecule has 0 unspecified atom stereocenters. The van der Waals surface area contributed by atoms with Crippen molar-refractivity contribution < 1.29 is 17.6 Å². The zero-order valence-corrected chi connectivity index (χ0v) is 24.5. The summed E-state index contributed by atoms with van der Waals surface area (Å²) < 4.78 is 43.6. The van der Waals surface area contributed by atoms with Gasteiger partial charge in [-0.25, -0.2) is 12.8 Å². The summed E-state index contributed by atoms with van der Waals surface area (Å²) >= 11 is 9.52. The molecule has 1 aliphatic heterocycles. The molecular weight excluding hydrogens is 593 g/mol. The van der Waals surface area contributed by atoms with Gasteiger partial charge in [0, 0.05) is 60.7 Å². The Hall–Kier alpha value is -2.46. The van der Waals surface area contributed by atoms with Gasteiger partial charge < -0.3 is 4.90 Å². The van der Waals surface area contributed by atoms with Gasteiger partial charge in [0.05, 0.1) is 10.6 Å². The lowest BCUT2D eigenvalue weighted by molar-refractivity contribution is -0.132. The quantitative estimate of drug-likeness (QED) is 0.319. The number of carbonyl (C=O) groups is 1. The molecule has 0 radical (unpaired) electrons. The van der Waals surface area contributed by atoms with E-state index in [4.69, 9.17) is 11.6 Å². The van der Waals surface area contributed by atoms with Crippen LogP contribution in [0.25, 0.3) is 0 Å². The highest BCUT2D eigenvalue weighted by Gasteiger charge is 2.28. The maximum absolute atomic E-state index is 14.2. The fourth-order valence-electron chi connectivity index (χ4n) is 4.63. The molecule has 0 atom stereocenters. The summed E-state index contributed by atoms with van der Waals surface area (Å²) in [6, 6.07) is 16.7. The first-order valence-corrected chi connectivity index (χ1v) is 15.0. The number of hydrogen-bond acceptors (Lipinski definition) is 4. The normalized spacial score (nSPS) is 14.5. The van der Waals surface area contributed by atoms with Crippen molar-refractivity contribution in [3.63, 3.8) is 0 Å². The summed E-state index contributed by atoms with van der Waals surface area (Å²) in [5, 5.41) is 0.391. The van der Waals surface area contributed by atoms with Crippen LogP contribution in [0.2, 0.25) is 5.02 Å². The van der Waals surface area contributed by atoms with Crippen LogP contribution in [0, 0.1) is 19.7 Å². The van der Waals surface area contributed by atoms with Gasteiger partial charge in [-0.2, -0.15) is 0 Å². The largest absolute Gasteiger partial charge is 0.340 e. The number of carbonyl (C=O) groups excluding carboxylic acids is 1. The standard InChI is InChI=1S/C28H30BrClFN3O3S/c1-20-16-21(2)18-23(17-20)34(38(36,37)24-8-6-22(29)7-9-24)11-10-28(35)33-14-12-32(13-15-33)19-25-26(30)4-3-5-27(25)31/h3-9,16-18H,10-15,19H2,1-2H3. The Morgan fingerprint density at radius 1 is 1.00 bits per heavy atom. The molecule has 0 saturated carbocycles. The highest BCUT2D eigenvalue weighted by atomic mass is 79.9. The zero-order chi connectivity index (χ0) is 27.4. The summed E-state index contributed by atoms with van der Waals surface area (Å²) in [5.74, 6) is -0.455. The number of hydrogen-bond donors (Lipinski definition) is 0. The van der Waals surface area contributed by atoms with Crippen molar-refractivity contribution in [3.05, 3.63) is 92.7 Å². The van der Waals surface area contributed by atoms with E-state index in [1.165, 1.54) is 10.4 Å². The second-order valence-electron chi connectivity index (χ2n) is 9.48. The number of aryl methyl sites for hydroxylation is 2. The minimum atomic E-state index is -3.90. The summed E-state index contributed by atoms with van der Waals surface area (Å²) in [6.07, 6.45) is 0.0435. The molecule has 3 aromatic rings. The maximum Gasteiger partial charge on any atom is 0.264 e. The van der Waals surface area contributed by atoms with Crippen LogP contribution >= 0.6 is 27.5 Å². The summed E-state index contributed by atoms with van der Waals surface area (Å²) in [6.45, 7) is 6.34. The fourth-order valence-corrected chi connectivity index (χ4v) is 6.57. The highest BCUT2D eigenvalue weighted by Crippen LogP contribution is 2.27. The van der Waals surface area contributed by atoms with E-state index in [9.17, 15) is 17.6 Å². The lowest BCUT2D eigenvalue weighted by Gasteiger charge is -2.35. The lowest BCUT2D eigenvalue weighted by atomic mass is 10.1. The molecule has 0 bridgehead atoms. The van der Waals surface area contributed by atoms with Gasteiger partial charge in [0.15, 0.2) is 0 Å². The average Bonchev–Trinajstić information content (AvgIpc) is 2.86. The van der Waals surface area contributed by atoms with Crippen molar-refractivity contribution in [2.75, 3.05) is 37.0 Å². The molecule has 1 saturated heterocycles. The van der Waals surface area contributed by atoms with Crippen LogP contribution < -0.4 is 4.31 Å². The minimum Gasteiger partial charge on any atom is -0.340 e. The van der Waals surface area contributed by atoms with E-state index in [-0.39, 0.29) is 29.6 Å². The predicted molar refractivity (Wildman–Crippen MR) is 152 cm³/mol. The molecule has 1 amide bonds. The van der Waals surface area contributed by atoms with Crippen molar-refractivity contribution in [1.82, 2.24) is 9.80 Å². The molecule has 0 spiro atoms. The third-order valence-electron chi connectivity index (χ3n) is 6.59. The molecule has 6 nitrogen and oxygen atoms in total. The Morgan fingerprint density at radius 2 is 1.63 bits per heavy atom. The van der Waals surface area contributed by atoms with Crippen LogP contribution in [0.4, 0.5) is 10.1 Å². The van der Waals surface area contributed by atoms with E-state index in [2.05, 4.69) is 20.8 Å². The van der Waals surface area contributed by atoms with E-state index in [1.807, 2.05) is 32.0 Å². The van der Waals surface area contributed by atoms with E-state index < -0.39 is 10.0 Å². The van der Waals surface area contributed by atoms with Gasteiger partial charge in [-0.3, -0.25) is 14.0 Å². The summed E-state index contributed by atoms with van der Waals surface area (Å²) in [7, 11) is -3.90. The van der Waals surface area contributed by atoms with E-state index >= 15 is 0 Å². The number of rotatable bonds is 8. The smallest absolute Gasteiger partial charge is 0.264 e. The van der Waals surface area contributed by atoms with Gasteiger partial charge in [0.2, 0.25) is 5.91 Å². The highest BCUT2D eigenvalue weighted by molar-refractivity contribution is 9.10. The third-order valence-corrected chi connectivity index (χ3v) is 9.32. The molecule has 1 fully saturated rings. The van der Waals surface area contributed by atoms with Crippen LogP contribution in [0.5, 0.6) is 0 Å². The van der Waals surface area contributed by atoms with Crippen LogP contribution in [0.3, 0.4) is 0 Å². The van der Waals surface area contributed by atoms with Crippen LogP contribution in [-0.2, 0) is 21.4 Å². The molecule has 38 heavy (non-hydrogen) atoms. The van der Waals surface area contributed by atoms with Gasteiger partial charge in [0.1, 0.15) is 5.82 Å². The van der Waals surface area contributed by atoms with Crippen molar-refractivity contribution in [2.24, 2.45) is 0 Å². The first-order valence-electron chi connectivity index (χ1n) is 12.3. The van der Waals surface area contributed by atoms with Crippen molar-refractivity contribution in [3.8, 4) is 0 Å². The Kier molecular flexibility index (Phi) is 9.13. The molecule has 0 aromatic heterocycles. The fraction of sp³-hybridized carbons (Fsp3) is 0.321. The van der Waals surface area contributed by atoms with Crippen LogP contribution in [0.1, 0.15) is 23.1 Å². The number of halogens is 3. The predicted octanol–water partition coefficient (Wildman–Crippen LogP) is 5.79.